The van der Waals surface area contributed by atoms with Crippen molar-refractivity contribution < 1.29 is 4.79 Å². The number of rotatable bonds is 2. The maximum atomic E-state index is 11.7. The van der Waals surface area contributed by atoms with E-state index >= 15 is 0 Å². The molecule has 16 heavy (non-hydrogen) atoms. The number of nitriles is 1. The van der Waals surface area contributed by atoms with Crippen molar-refractivity contribution >= 4 is 22.9 Å². The zero-order chi connectivity index (χ0) is 11.4. The Bertz CT molecular complexity index is 523. The summed E-state index contributed by atoms with van der Waals surface area (Å²) < 4.78 is 0. The smallest absolute Gasteiger partial charge is 0.256 e. The minimum Gasteiger partial charge on any atom is -0.322 e. The number of nitrogens with one attached hydrogen (secondary N) is 1. The molecule has 0 unspecified atom stereocenters. The first-order chi connectivity index (χ1) is 7.79. The van der Waals surface area contributed by atoms with E-state index in [9.17, 15) is 4.79 Å². The molecule has 0 aliphatic heterocycles. The van der Waals surface area contributed by atoms with Crippen molar-refractivity contribution in [2.24, 2.45) is 0 Å². The summed E-state index contributed by atoms with van der Waals surface area (Å²) in [5, 5.41) is 15.0. The standard InChI is InChI=1S/C12H8N2OS/c13-7-9-1-3-11(4-2-9)14-12(15)10-5-6-16-8-10/h1-6,8H,(H,14,15). The van der Waals surface area contributed by atoms with Crippen molar-refractivity contribution in [3.63, 3.8) is 0 Å². The molecule has 0 aliphatic carbocycles. The molecule has 1 aromatic carbocycles. The third-order valence-corrected chi connectivity index (χ3v) is 2.74. The van der Waals surface area contributed by atoms with Crippen LogP contribution in [-0.2, 0) is 0 Å². The van der Waals surface area contributed by atoms with Gasteiger partial charge in [0.05, 0.1) is 17.2 Å². The number of nitrogens with zero attached hydrogens (tertiary/aromatic N) is 1. The van der Waals surface area contributed by atoms with Crippen LogP contribution >= 0.6 is 11.3 Å². The van der Waals surface area contributed by atoms with E-state index in [1.54, 1.807) is 35.7 Å². The molecule has 4 heteroatoms. The molecule has 1 aromatic heterocycles. The third kappa shape index (κ3) is 2.27. The number of hydrogen-bond acceptors (Lipinski definition) is 3. The van der Waals surface area contributed by atoms with Gasteiger partial charge in [0.25, 0.3) is 5.91 Å². The van der Waals surface area contributed by atoms with Gasteiger partial charge in [-0.05, 0) is 35.7 Å². The van der Waals surface area contributed by atoms with Gasteiger partial charge in [0.2, 0.25) is 0 Å². The molecule has 0 saturated heterocycles. The predicted molar refractivity (Wildman–Crippen MR) is 63.4 cm³/mol. The fourth-order valence-electron chi connectivity index (χ4n) is 1.23. The Balaban J connectivity index is 2.10. The van der Waals surface area contributed by atoms with E-state index in [1.165, 1.54) is 11.3 Å². The Morgan fingerprint density at radius 3 is 2.56 bits per heavy atom. The fourth-order valence-corrected chi connectivity index (χ4v) is 1.86. The van der Waals surface area contributed by atoms with Crippen LogP contribution in [0.15, 0.2) is 41.1 Å². The summed E-state index contributed by atoms with van der Waals surface area (Å²) in [5.41, 5.74) is 1.91. The van der Waals surface area contributed by atoms with Gasteiger partial charge < -0.3 is 5.32 Å². The van der Waals surface area contributed by atoms with Gasteiger partial charge in [-0.1, -0.05) is 0 Å². The van der Waals surface area contributed by atoms with Crippen molar-refractivity contribution in [3.05, 3.63) is 52.2 Å². The summed E-state index contributed by atoms with van der Waals surface area (Å²) >= 11 is 1.48. The Morgan fingerprint density at radius 1 is 1.25 bits per heavy atom. The second-order valence-corrected chi connectivity index (χ2v) is 3.94. The van der Waals surface area contributed by atoms with E-state index in [-0.39, 0.29) is 5.91 Å². The average Bonchev–Trinajstić information content (AvgIpc) is 2.83. The minimum atomic E-state index is -0.133. The predicted octanol–water partition coefficient (Wildman–Crippen LogP) is 2.87. The third-order valence-electron chi connectivity index (χ3n) is 2.06. The molecule has 0 spiro atoms. The molecule has 1 N–H and O–H groups in total. The molecular weight excluding hydrogens is 220 g/mol. The van der Waals surface area contributed by atoms with Crippen molar-refractivity contribution in [1.29, 1.82) is 5.26 Å². The highest BCUT2D eigenvalue weighted by molar-refractivity contribution is 7.08. The molecular formula is C12H8N2OS. The van der Waals surface area contributed by atoms with Crippen LogP contribution in [0.2, 0.25) is 0 Å². The Morgan fingerprint density at radius 2 is 2.00 bits per heavy atom. The van der Waals surface area contributed by atoms with Gasteiger partial charge in [-0.2, -0.15) is 16.6 Å². The van der Waals surface area contributed by atoms with E-state index in [1.807, 2.05) is 11.4 Å². The highest BCUT2D eigenvalue weighted by Crippen LogP contribution is 2.12. The number of thiophene rings is 1. The lowest BCUT2D eigenvalue weighted by molar-refractivity contribution is 0.102. The lowest BCUT2D eigenvalue weighted by Gasteiger charge is -2.02. The van der Waals surface area contributed by atoms with Crippen LogP contribution in [0.5, 0.6) is 0 Å². The summed E-state index contributed by atoms with van der Waals surface area (Å²) in [6.45, 7) is 0. The number of benzene rings is 1. The van der Waals surface area contributed by atoms with Crippen LogP contribution in [0, 0.1) is 11.3 Å². The molecule has 0 bridgehead atoms. The molecule has 0 atom stereocenters. The quantitative estimate of drug-likeness (QED) is 0.859. The molecule has 2 rings (SSSR count). The van der Waals surface area contributed by atoms with Crippen LogP contribution in [0.4, 0.5) is 5.69 Å². The first-order valence-electron chi connectivity index (χ1n) is 4.63. The van der Waals surface area contributed by atoms with Crippen LogP contribution in [0.25, 0.3) is 0 Å². The molecule has 0 fully saturated rings. The van der Waals surface area contributed by atoms with Crippen LogP contribution < -0.4 is 5.32 Å². The summed E-state index contributed by atoms with van der Waals surface area (Å²) in [7, 11) is 0. The molecule has 1 amide bonds. The topological polar surface area (TPSA) is 52.9 Å². The van der Waals surface area contributed by atoms with Gasteiger partial charge in [-0.15, -0.1) is 0 Å². The summed E-state index contributed by atoms with van der Waals surface area (Å²) in [5.74, 6) is -0.133. The first kappa shape index (κ1) is 10.4. The van der Waals surface area contributed by atoms with E-state index in [0.29, 0.717) is 16.8 Å². The Hall–Kier alpha value is -2.12. The number of anilines is 1. The summed E-state index contributed by atoms with van der Waals surface area (Å²) in [6, 6.07) is 10.6. The fraction of sp³-hybridized carbons (Fsp3) is 0. The Labute approximate surface area is 97.0 Å². The van der Waals surface area contributed by atoms with Crippen molar-refractivity contribution in [2.45, 2.75) is 0 Å². The number of hydrogen-bond donors (Lipinski definition) is 1. The molecule has 1 heterocycles. The maximum Gasteiger partial charge on any atom is 0.256 e. The van der Waals surface area contributed by atoms with E-state index < -0.39 is 0 Å². The largest absolute Gasteiger partial charge is 0.322 e. The SMILES string of the molecule is N#Cc1ccc(NC(=O)c2ccsc2)cc1. The highest BCUT2D eigenvalue weighted by Gasteiger charge is 2.05. The second kappa shape index (κ2) is 4.60. The van der Waals surface area contributed by atoms with Crippen molar-refractivity contribution in [3.8, 4) is 6.07 Å². The zero-order valence-corrected chi connectivity index (χ0v) is 9.12. The van der Waals surface area contributed by atoms with Crippen molar-refractivity contribution in [2.75, 3.05) is 5.32 Å². The molecule has 2 aromatic rings. The van der Waals surface area contributed by atoms with Gasteiger partial charge in [-0.25, -0.2) is 0 Å². The lowest BCUT2D eigenvalue weighted by Crippen LogP contribution is -2.10. The molecule has 0 saturated carbocycles. The Kier molecular flexibility index (Phi) is 2.99. The van der Waals surface area contributed by atoms with Crippen LogP contribution in [0.1, 0.15) is 15.9 Å². The normalized spacial score (nSPS) is 9.44. The monoisotopic (exact) mass is 228 g/mol. The van der Waals surface area contributed by atoms with E-state index in [0.717, 1.165) is 0 Å². The lowest BCUT2D eigenvalue weighted by atomic mass is 10.2. The van der Waals surface area contributed by atoms with Gasteiger partial charge in [0, 0.05) is 11.1 Å². The maximum absolute atomic E-state index is 11.7. The minimum absolute atomic E-state index is 0.133. The molecule has 0 radical (unpaired) electrons. The summed E-state index contributed by atoms with van der Waals surface area (Å²) in [6.07, 6.45) is 0. The second-order valence-electron chi connectivity index (χ2n) is 3.16. The summed E-state index contributed by atoms with van der Waals surface area (Å²) in [4.78, 5) is 11.7. The van der Waals surface area contributed by atoms with Crippen LogP contribution in [0.3, 0.4) is 0 Å². The van der Waals surface area contributed by atoms with Gasteiger partial charge in [-0.3, -0.25) is 4.79 Å². The molecule has 3 nitrogen and oxygen atoms in total. The van der Waals surface area contributed by atoms with E-state index in [4.69, 9.17) is 5.26 Å². The van der Waals surface area contributed by atoms with Crippen molar-refractivity contribution in [1.82, 2.24) is 0 Å². The number of carbonyl (C=O) groups is 1. The highest BCUT2D eigenvalue weighted by atomic mass is 32.1. The molecule has 78 valence electrons. The molecule has 0 aliphatic rings. The van der Waals surface area contributed by atoms with Crippen LogP contribution in [-0.4, -0.2) is 5.91 Å². The van der Waals surface area contributed by atoms with Gasteiger partial charge >= 0.3 is 0 Å². The number of carbonyl (C=O) groups excluding carboxylic acids is 1. The number of amides is 1. The first-order valence-corrected chi connectivity index (χ1v) is 5.57. The zero-order valence-electron chi connectivity index (χ0n) is 8.31. The van der Waals surface area contributed by atoms with Gasteiger partial charge in [0.1, 0.15) is 0 Å². The average molecular weight is 228 g/mol. The van der Waals surface area contributed by atoms with Gasteiger partial charge in [0.15, 0.2) is 0 Å². The van der Waals surface area contributed by atoms with E-state index in [2.05, 4.69) is 5.32 Å².